The molecule has 3 atom stereocenters. The number of halogens is 1. The van der Waals surface area contributed by atoms with Gasteiger partial charge in [-0.3, -0.25) is 9.59 Å². The first-order chi connectivity index (χ1) is 8.31. The van der Waals surface area contributed by atoms with Crippen molar-refractivity contribution in [2.75, 3.05) is 7.11 Å². The number of ether oxygens (including phenoxy) is 1. The quantitative estimate of drug-likeness (QED) is 0.335. The summed E-state index contributed by atoms with van der Waals surface area (Å²) in [4.78, 5) is 35.5. The highest BCUT2D eigenvalue weighted by atomic mass is 79.9. The van der Waals surface area contributed by atoms with E-state index >= 15 is 0 Å². The zero-order chi connectivity index (χ0) is 14.0. The number of carbonyl (C=O) groups excluding carboxylic acids is 3. The van der Waals surface area contributed by atoms with E-state index < -0.39 is 22.2 Å². The van der Waals surface area contributed by atoms with E-state index in [4.69, 9.17) is 0 Å². The van der Waals surface area contributed by atoms with Crippen molar-refractivity contribution in [1.82, 2.24) is 4.90 Å². The Kier molecular flexibility index (Phi) is 4.98. The predicted octanol–water partition coefficient (Wildman–Crippen LogP) is 1.32. The summed E-state index contributed by atoms with van der Waals surface area (Å²) in [7, 11) is 1.25. The number of esters is 1. The third kappa shape index (κ3) is 2.77. The normalized spacial score (nSPS) is 24.2. The van der Waals surface area contributed by atoms with Crippen LogP contribution in [0, 0.1) is 0 Å². The molecule has 1 aliphatic rings. The van der Waals surface area contributed by atoms with Crippen LogP contribution < -0.4 is 0 Å². The third-order valence-electron chi connectivity index (χ3n) is 2.47. The molecule has 1 saturated heterocycles. The van der Waals surface area contributed by atoms with E-state index in [-0.39, 0.29) is 11.0 Å². The van der Waals surface area contributed by atoms with Crippen molar-refractivity contribution in [2.24, 2.45) is 0 Å². The summed E-state index contributed by atoms with van der Waals surface area (Å²) in [6.45, 7) is 6.76. The number of hydrogen-bond acceptors (Lipinski definition) is 5. The smallest absolute Gasteiger partial charge is 0.332 e. The second kappa shape index (κ2) is 5.88. The molecule has 0 N–H and O–H groups in total. The number of β-lactam (4-membered cyclic amide) rings is 1. The highest BCUT2D eigenvalue weighted by Gasteiger charge is 2.52. The first kappa shape index (κ1) is 15.2. The van der Waals surface area contributed by atoms with Crippen molar-refractivity contribution >= 4 is 44.7 Å². The highest BCUT2D eigenvalue weighted by Crippen LogP contribution is 2.38. The Balaban J connectivity index is 2.96. The van der Waals surface area contributed by atoms with Gasteiger partial charge in [0.15, 0.2) is 11.2 Å². The van der Waals surface area contributed by atoms with E-state index in [0.29, 0.717) is 5.57 Å². The van der Waals surface area contributed by atoms with Gasteiger partial charge in [-0.15, -0.1) is 0 Å². The molecular weight excluding hydrogens is 322 g/mol. The van der Waals surface area contributed by atoms with Crippen LogP contribution in [-0.4, -0.2) is 45.2 Å². The number of hydrogen-bond donors (Lipinski definition) is 0. The molecule has 0 aromatic heterocycles. The van der Waals surface area contributed by atoms with Crippen molar-refractivity contribution in [3.05, 3.63) is 12.2 Å². The average molecular weight is 336 g/mol. The molecule has 100 valence electrons. The van der Waals surface area contributed by atoms with Crippen LogP contribution in [-0.2, 0) is 19.1 Å². The molecule has 3 unspecified atom stereocenters. The fourth-order valence-electron chi connectivity index (χ4n) is 1.67. The molecule has 0 radical (unpaired) electrons. The summed E-state index contributed by atoms with van der Waals surface area (Å²) in [5.41, 5.74) is 0.503. The van der Waals surface area contributed by atoms with Gasteiger partial charge in [0, 0.05) is 6.92 Å². The third-order valence-corrected chi connectivity index (χ3v) is 4.79. The SMILES string of the molecule is C=C(C)C(C(=O)OC)N1C(=O)C(Br)C1SC(C)=O. The molecule has 1 aliphatic heterocycles. The largest absolute Gasteiger partial charge is 0.467 e. The van der Waals surface area contributed by atoms with Crippen LogP contribution in [0.1, 0.15) is 13.8 Å². The monoisotopic (exact) mass is 335 g/mol. The number of rotatable bonds is 4. The van der Waals surface area contributed by atoms with E-state index in [9.17, 15) is 14.4 Å². The number of amides is 1. The van der Waals surface area contributed by atoms with Crippen LogP contribution in [0.4, 0.5) is 0 Å². The van der Waals surface area contributed by atoms with Crippen LogP contribution in [0.3, 0.4) is 0 Å². The lowest BCUT2D eigenvalue weighted by Crippen LogP contribution is -2.66. The summed E-state index contributed by atoms with van der Waals surface area (Å²) >= 11 is 4.21. The van der Waals surface area contributed by atoms with Gasteiger partial charge in [0.2, 0.25) is 5.91 Å². The molecule has 1 heterocycles. The van der Waals surface area contributed by atoms with Crippen molar-refractivity contribution in [1.29, 1.82) is 0 Å². The molecule has 0 spiro atoms. The van der Waals surface area contributed by atoms with Gasteiger partial charge in [0.25, 0.3) is 0 Å². The summed E-state index contributed by atoms with van der Waals surface area (Å²) in [5.74, 6) is -0.795. The van der Waals surface area contributed by atoms with Gasteiger partial charge in [0.05, 0.1) is 7.11 Å². The molecule has 1 amide bonds. The van der Waals surface area contributed by atoms with Crippen molar-refractivity contribution < 1.29 is 19.1 Å². The molecule has 1 rings (SSSR count). The van der Waals surface area contributed by atoms with Gasteiger partial charge in [-0.1, -0.05) is 34.3 Å². The molecular formula is C11H14BrNO4S. The van der Waals surface area contributed by atoms with Gasteiger partial charge in [-0.25, -0.2) is 4.79 Å². The van der Waals surface area contributed by atoms with Crippen LogP contribution in [0.2, 0.25) is 0 Å². The average Bonchev–Trinajstić information content (AvgIpc) is 2.31. The van der Waals surface area contributed by atoms with Gasteiger partial charge >= 0.3 is 5.97 Å². The number of likely N-dealkylation sites (tertiary alicyclic amines) is 1. The van der Waals surface area contributed by atoms with E-state index in [1.54, 1.807) is 6.92 Å². The molecule has 0 aromatic rings. The zero-order valence-corrected chi connectivity index (χ0v) is 12.7. The number of thioether (sulfide) groups is 1. The fraction of sp³-hybridized carbons (Fsp3) is 0.545. The zero-order valence-electron chi connectivity index (χ0n) is 10.3. The Morgan fingerprint density at radius 3 is 2.44 bits per heavy atom. The second-order valence-electron chi connectivity index (χ2n) is 3.92. The Morgan fingerprint density at radius 2 is 2.06 bits per heavy atom. The first-order valence-electron chi connectivity index (χ1n) is 5.18. The van der Waals surface area contributed by atoms with Gasteiger partial charge in [-0.2, -0.15) is 0 Å². The molecule has 0 saturated carbocycles. The van der Waals surface area contributed by atoms with E-state index in [1.165, 1.54) is 18.9 Å². The summed E-state index contributed by atoms with van der Waals surface area (Å²) in [5, 5.41) is -0.525. The summed E-state index contributed by atoms with van der Waals surface area (Å²) in [6.07, 6.45) is 0. The maximum atomic E-state index is 11.8. The fourth-order valence-corrected chi connectivity index (χ4v) is 3.40. The van der Waals surface area contributed by atoms with Crippen molar-refractivity contribution in [3.8, 4) is 0 Å². The molecule has 0 bridgehead atoms. The molecule has 18 heavy (non-hydrogen) atoms. The van der Waals surface area contributed by atoms with Gasteiger partial charge < -0.3 is 9.64 Å². The highest BCUT2D eigenvalue weighted by molar-refractivity contribution is 9.10. The number of nitrogens with zero attached hydrogens (tertiary/aromatic N) is 1. The Labute approximate surface area is 118 Å². The minimum absolute atomic E-state index is 0.118. The van der Waals surface area contributed by atoms with Crippen LogP contribution >= 0.6 is 27.7 Å². The van der Waals surface area contributed by atoms with Crippen LogP contribution in [0.5, 0.6) is 0 Å². The summed E-state index contributed by atoms with van der Waals surface area (Å²) in [6, 6.07) is -0.840. The minimum Gasteiger partial charge on any atom is -0.467 e. The first-order valence-corrected chi connectivity index (χ1v) is 6.97. The minimum atomic E-state index is -0.840. The Hall–Kier alpha value is -0.820. The van der Waals surface area contributed by atoms with Crippen LogP contribution in [0.15, 0.2) is 12.2 Å². The lowest BCUT2D eigenvalue weighted by molar-refractivity contribution is -0.156. The molecule has 7 heteroatoms. The predicted molar refractivity (Wildman–Crippen MR) is 72.2 cm³/mol. The standard InChI is InChI=1S/C11H14BrNO4S/c1-5(2)8(11(16)17-4)13-9(15)7(12)10(13)18-6(3)14/h7-8,10H,1H2,2-4H3. The lowest BCUT2D eigenvalue weighted by Gasteiger charge is -2.46. The van der Waals surface area contributed by atoms with Crippen molar-refractivity contribution in [3.63, 3.8) is 0 Å². The van der Waals surface area contributed by atoms with Gasteiger partial charge in [-0.05, 0) is 12.5 Å². The molecule has 1 fully saturated rings. The number of methoxy groups -OCH3 is 1. The molecule has 0 aromatic carbocycles. The maximum absolute atomic E-state index is 11.8. The van der Waals surface area contributed by atoms with E-state index in [1.807, 2.05) is 0 Å². The topological polar surface area (TPSA) is 63.7 Å². The second-order valence-corrected chi connectivity index (χ2v) is 6.20. The molecule has 0 aliphatic carbocycles. The van der Waals surface area contributed by atoms with Crippen molar-refractivity contribution in [2.45, 2.75) is 30.1 Å². The lowest BCUT2D eigenvalue weighted by atomic mass is 10.0. The molecule has 5 nitrogen and oxygen atoms in total. The van der Waals surface area contributed by atoms with Crippen LogP contribution in [0.25, 0.3) is 0 Å². The Bertz CT molecular complexity index is 412. The number of carbonyl (C=O) groups is 3. The maximum Gasteiger partial charge on any atom is 0.332 e. The number of alkyl halides is 1. The van der Waals surface area contributed by atoms with E-state index in [0.717, 1.165) is 11.8 Å². The van der Waals surface area contributed by atoms with Gasteiger partial charge in [0.1, 0.15) is 10.2 Å². The Morgan fingerprint density at radius 1 is 1.50 bits per heavy atom. The summed E-state index contributed by atoms with van der Waals surface area (Å²) < 4.78 is 4.66. The van der Waals surface area contributed by atoms with E-state index in [2.05, 4.69) is 27.2 Å².